The standard InChI is InChI=1S/C22H19ClN2O2/c23-19-8-5-15(13-24-19)14-25-11-9-22(10-12-25)20-17-4-2-1-3-16(17)6-7-18(20)21(26)27-22/h1-8,13H,9-12,14H2. The van der Waals surface area contributed by atoms with Gasteiger partial charge in [0.15, 0.2) is 0 Å². The number of carbonyl (C=O) groups excluding carboxylic acids is 1. The highest BCUT2D eigenvalue weighted by molar-refractivity contribution is 6.29. The van der Waals surface area contributed by atoms with E-state index < -0.39 is 5.60 Å². The van der Waals surface area contributed by atoms with Crippen molar-refractivity contribution >= 4 is 28.3 Å². The van der Waals surface area contributed by atoms with Gasteiger partial charge in [-0.2, -0.15) is 0 Å². The molecular formula is C22H19ClN2O2. The Bertz CT molecular complexity index is 1020. The Hall–Kier alpha value is -2.43. The largest absolute Gasteiger partial charge is 0.450 e. The van der Waals surface area contributed by atoms with Crippen molar-refractivity contribution in [3.63, 3.8) is 0 Å². The molecule has 0 unspecified atom stereocenters. The van der Waals surface area contributed by atoms with Crippen LogP contribution < -0.4 is 0 Å². The zero-order valence-corrected chi connectivity index (χ0v) is 15.6. The molecule has 2 aliphatic rings. The van der Waals surface area contributed by atoms with Crippen LogP contribution in [0.2, 0.25) is 5.15 Å². The Balaban J connectivity index is 1.43. The third-order valence-electron chi connectivity index (χ3n) is 5.75. The SMILES string of the molecule is O=C1OC2(CCN(Cc3ccc(Cl)nc3)CC2)c2c1ccc1ccccc21. The zero-order chi connectivity index (χ0) is 18.4. The van der Waals surface area contributed by atoms with Crippen molar-refractivity contribution in [2.75, 3.05) is 13.1 Å². The van der Waals surface area contributed by atoms with Crippen LogP contribution >= 0.6 is 11.6 Å². The number of ether oxygens (including phenoxy) is 1. The Morgan fingerprint density at radius 3 is 2.67 bits per heavy atom. The third kappa shape index (κ3) is 2.80. The molecule has 1 spiro atoms. The van der Waals surface area contributed by atoms with Crippen molar-refractivity contribution in [2.45, 2.75) is 25.0 Å². The molecule has 5 rings (SSSR count). The summed E-state index contributed by atoms with van der Waals surface area (Å²) in [5, 5.41) is 2.80. The van der Waals surface area contributed by atoms with Gasteiger partial charge in [0.25, 0.3) is 0 Å². The average Bonchev–Trinajstić information content (AvgIpc) is 2.97. The van der Waals surface area contributed by atoms with Gasteiger partial charge in [0, 0.05) is 44.2 Å². The summed E-state index contributed by atoms with van der Waals surface area (Å²) in [5.74, 6) is -0.189. The Morgan fingerprint density at radius 1 is 1.07 bits per heavy atom. The fraction of sp³-hybridized carbons (Fsp3) is 0.273. The van der Waals surface area contributed by atoms with Crippen LogP contribution in [0.5, 0.6) is 0 Å². The number of carbonyl (C=O) groups is 1. The highest BCUT2D eigenvalue weighted by Gasteiger charge is 2.48. The molecule has 0 bridgehead atoms. The maximum absolute atomic E-state index is 12.5. The van der Waals surface area contributed by atoms with Gasteiger partial charge >= 0.3 is 5.97 Å². The van der Waals surface area contributed by atoms with Gasteiger partial charge in [-0.3, -0.25) is 4.90 Å². The fourth-order valence-electron chi connectivity index (χ4n) is 4.40. The number of hydrogen-bond acceptors (Lipinski definition) is 4. The van der Waals surface area contributed by atoms with E-state index in [0.29, 0.717) is 5.15 Å². The van der Waals surface area contributed by atoms with Gasteiger partial charge in [0.2, 0.25) is 0 Å². The van der Waals surface area contributed by atoms with E-state index in [-0.39, 0.29) is 5.97 Å². The molecular weight excluding hydrogens is 360 g/mol. The number of rotatable bonds is 2. The number of halogens is 1. The van der Waals surface area contributed by atoms with E-state index in [4.69, 9.17) is 16.3 Å². The van der Waals surface area contributed by atoms with Gasteiger partial charge in [-0.15, -0.1) is 0 Å². The number of esters is 1. The molecule has 0 amide bonds. The van der Waals surface area contributed by atoms with Crippen LogP contribution in [-0.4, -0.2) is 28.9 Å². The quantitative estimate of drug-likeness (QED) is 0.484. The Kier molecular flexibility index (Phi) is 3.92. The highest BCUT2D eigenvalue weighted by Crippen LogP contribution is 2.47. The number of piperidine rings is 1. The first-order valence-corrected chi connectivity index (χ1v) is 9.61. The third-order valence-corrected chi connectivity index (χ3v) is 5.97. The monoisotopic (exact) mass is 378 g/mol. The second kappa shape index (κ2) is 6.32. The fourth-order valence-corrected chi connectivity index (χ4v) is 4.51. The van der Waals surface area contributed by atoms with E-state index in [1.165, 1.54) is 0 Å². The van der Waals surface area contributed by atoms with E-state index in [0.717, 1.165) is 59.9 Å². The number of nitrogens with zero attached hydrogens (tertiary/aromatic N) is 2. The minimum absolute atomic E-state index is 0.189. The van der Waals surface area contributed by atoms with Gasteiger partial charge < -0.3 is 4.74 Å². The molecule has 1 aromatic heterocycles. The lowest BCUT2D eigenvalue weighted by molar-refractivity contribution is -0.0434. The van der Waals surface area contributed by atoms with E-state index in [2.05, 4.69) is 22.0 Å². The number of likely N-dealkylation sites (tertiary alicyclic amines) is 1. The number of fused-ring (bicyclic) bond motifs is 4. The van der Waals surface area contributed by atoms with Crippen LogP contribution in [0.3, 0.4) is 0 Å². The molecule has 2 aromatic carbocycles. The van der Waals surface area contributed by atoms with E-state index >= 15 is 0 Å². The van der Waals surface area contributed by atoms with Gasteiger partial charge in [-0.1, -0.05) is 48.0 Å². The predicted molar refractivity (Wildman–Crippen MR) is 105 cm³/mol. The number of aromatic nitrogens is 1. The van der Waals surface area contributed by atoms with E-state index in [1.54, 1.807) is 0 Å². The molecule has 0 aliphatic carbocycles. The van der Waals surface area contributed by atoms with Crippen LogP contribution in [0, 0.1) is 0 Å². The van der Waals surface area contributed by atoms with Crippen molar-refractivity contribution in [1.29, 1.82) is 0 Å². The van der Waals surface area contributed by atoms with Crippen LogP contribution in [0.15, 0.2) is 54.7 Å². The zero-order valence-electron chi connectivity index (χ0n) is 14.8. The topological polar surface area (TPSA) is 42.4 Å². The lowest BCUT2D eigenvalue weighted by Gasteiger charge is -2.39. The lowest BCUT2D eigenvalue weighted by atomic mass is 9.81. The minimum atomic E-state index is -0.498. The van der Waals surface area contributed by atoms with Crippen LogP contribution in [0.1, 0.15) is 34.3 Å². The van der Waals surface area contributed by atoms with Gasteiger partial charge in [0.05, 0.1) is 5.56 Å². The summed E-state index contributed by atoms with van der Waals surface area (Å²) in [6.45, 7) is 2.58. The van der Waals surface area contributed by atoms with Gasteiger partial charge in [0.1, 0.15) is 10.8 Å². The molecule has 3 aromatic rings. The van der Waals surface area contributed by atoms with E-state index in [9.17, 15) is 4.79 Å². The molecule has 136 valence electrons. The van der Waals surface area contributed by atoms with E-state index in [1.807, 2.05) is 42.6 Å². The van der Waals surface area contributed by atoms with Crippen molar-refractivity contribution in [2.24, 2.45) is 0 Å². The van der Waals surface area contributed by atoms with Crippen LogP contribution in [-0.2, 0) is 16.9 Å². The smallest absolute Gasteiger partial charge is 0.339 e. The van der Waals surface area contributed by atoms with Crippen molar-refractivity contribution < 1.29 is 9.53 Å². The molecule has 4 nitrogen and oxygen atoms in total. The molecule has 27 heavy (non-hydrogen) atoms. The van der Waals surface area contributed by atoms with Crippen LogP contribution in [0.4, 0.5) is 0 Å². The molecule has 1 saturated heterocycles. The molecule has 0 saturated carbocycles. The van der Waals surface area contributed by atoms with Gasteiger partial charge in [-0.05, 0) is 28.5 Å². The molecule has 2 aliphatic heterocycles. The summed E-state index contributed by atoms with van der Waals surface area (Å²) >= 11 is 5.87. The second-order valence-electron chi connectivity index (χ2n) is 7.36. The summed E-state index contributed by atoms with van der Waals surface area (Å²) < 4.78 is 5.99. The summed E-state index contributed by atoms with van der Waals surface area (Å²) in [7, 11) is 0. The number of benzene rings is 2. The summed E-state index contributed by atoms with van der Waals surface area (Å²) in [5.41, 5.74) is 2.45. The molecule has 0 atom stereocenters. The minimum Gasteiger partial charge on any atom is -0.450 e. The van der Waals surface area contributed by atoms with Crippen molar-refractivity contribution in [3.05, 3.63) is 76.6 Å². The normalized spacial score (nSPS) is 18.6. The molecule has 0 N–H and O–H groups in total. The highest BCUT2D eigenvalue weighted by atomic mass is 35.5. The van der Waals surface area contributed by atoms with Crippen molar-refractivity contribution in [1.82, 2.24) is 9.88 Å². The lowest BCUT2D eigenvalue weighted by Crippen LogP contribution is -2.42. The second-order valence-corrected chi connectivity index (χ2v) is 7.75. The molecule has 3 heterocycles. The van der Waals surface area contributed by atoms with Gasteiger partial charge in [-0.25, -0.2) is 9.78 Å². The first-order valence-electron chi connectivity index (χ1n) is 9.23. The molecule has 1 fully saturated rings. The molecule has 5 heteroatoms. The van der Waals surface area contributed by atoms with Crippen LogP contribution in [0.25, 0.3) is 10.8 Å². The predicted octanol–water partition coefficient (Wildman–Crippen LogP) is 4.55. The first kappa shape index (κ1) is 16.7. The summed E-state index contributed by atoms with van der Waals surface area (Å²) in [6, 6.07) is 16.0. The Labute approximate surface area is 162 Å². The molecule has 0 radical (unpaired) electrons. The summed E-state index contributed by atoms with van der Waals surface area (Å²) in [6.07, 6.45) is 3.44. The van der Waals surface area contributed by atoms with Crippen molar-refractivity contribution in [3.8, 4) is 0 Å². The maximum atomic E-state index is 12.5. The summed E-state index contributed by atoms with van der Waals surface area (Å²) in [4.78, 5) is 19.1. The Morgan fingerprint density at radius 2 is 1.89 bits per heavy atom. The number of hydrogen-bond donors (Lipinski definition) is 0. The first-order chi connectivity index (χ1) is 13.1. The average molecular weight is 379 g/mol. The maximum Gasteiger partial charge on any atom is 0.339 e. The number of pyridine rings is 1.